The van der Waals surface area contributed by atoms with Crippen LogP contribution < -0.4 is 9.62 Å². The lowest BCUT2D eigenvalue weighted by molar-refractivity contribution is 0.102. The molecule has 0 aliphatic carbocycles. The molecule has 0 saturated heterocycles. The van der Waals surface area contributed by atoms with E-state index in [4.69, 9.17) is 0 Å². The molecule has 0 saturated carbocycles. The molecule has 32 heavy (non-hydrogen) atoms. The van der Waals surface area contributed by atoms with Gasteiger partial charge < -0.3 is 5.32 Å². The van der Waals surface area contributed by atoms with Crippen LogP contribution in [0.1, 0.15) is 15.9 Å². The summed E-state index contributed by atoms with van der Waals surface area (Å²) in [5, 5.41) is 4.94. The number of nitrogens with one attached hydrogen (secondary N) is 1. The molecule has 1 amide bonds. The van der Waals surface area contributed by atoms with E-state index in [2.05, 4.69) is 5.32 Å². The predicted octanol–water partition coefficient (Wildman–Crippen LogP) is 5.20. The molecule has 0 aliphatic heterocycles. The zero-order chi connectivity index (χ0) is 22.7. The predicted molar refractivity (Wildman–Crippen MR) is 126 cm³/mol. The molecule has 0 spiro atoms. The van der Waals surface area contributed by atoms with Crippen molar-refractivity contribution in [1.82, 2.24) is 0 Å². The van der Waals surface area contributed by atoms with Crippen molar-refractivity contribution in [2.24, 2.45) is 0 Å². The van der Waals surface area contributed by atoms with Crippen molar-refractivity contribution in [2.75, 3.05) is 15.9 Å². The van der Waals surface area contributed by atoms with Gasteiger partial charge in [0, 0.05) is 16.8 Å². The standard InChI is InChI=1S/C25H21FN2O3S/c1-32(30,31)28(17-21-8-4-5-9-24(21)26)23-14-11-19(12-15-23)25(29)27-22-13-10-18-6-2-3-7-20(18)16-22/h2-16H,17H2,1H3,(H,27,29). The SMILES string of the molecule is CS(=O)(=O)N(Cc1ccccc1F)c1ccc(C(=O)Nc2ccc3ccccc3c2)cc1. The normalized spacial score (nSPS) is 11.3. The summed E-state index contributed by atoms with van der Waals surface area (Å²) in [4.78, 5) is 12.7. The minimum atomic E-state index is -3.67. The van der Waals surface area contributed by atoms with E-state index in [0.717, 1.165) is 21.3 Å². The Labute approximate surface area is 186 Å². The van der Waals surface area contributed by atoms with Crippen LogP contribution >= 0.6 is 0 Å². The van der Waals surface area contributed by atoms with Crippen molar-refractivity contribution in [1.29, 1.82) is 0 Å². The molecule has 0 aliphatic rings. The van der Waals surface area contributed by atoms with Crippen molar-refractivity contribution >= 4 is 38.1 Å². The number of carbonyl (C=O) groups is 1. The summed E-state index contributed by atoms with van der Waals surface area (Å²) in [6, 6.07) is 25.7. The fraction of sp³-hybridized carbons (Fsp3) is 0.0800. The van der Waals surface area contributed by atoms with Crippen LogP contribution in [0.3, 0.4) is 0 Å². The van der Waals surface area contributed by atoms with E-state index in [-0.39, 0.29) is 18.0 Å². The van der Waals surface area contributed by atoms with E-state index in [1.807, 2.05) is 42.5 Å². The molecule has 0 heterocycles. The molecule has 0 radical (unpaired) electrons. The number of fused-ring (bicyclic) bond motifs is 1. The Hall–Kier alpha value is -3.71. The average Bonchev–Trinajstić information content (AvgIpc) is 2.78. The monoisotopic (exact) mass is 448 g/mol. The largest absolute Gasteiger partial charge is 0.322 e. The molecule has 4 aromatic carbocycles. The fourth-order valence-corrected chi connectivity index (χ4v) is 4.31. The molecule has 1 N–H and O–H groups in total. The van der Waals surface area contributed by atoms with Gasteiger partial charge in [-0.3, -0.25) is 9.10 Å². The van der Waals surface area contributed by atoms with Crippen LogP contribution in [-0.2, 0) is 16.6 Å². The van der Waals surface area contributed by atoms with Crippen LogP contribution in [0.15, 0.2) is 91.0 Å². The number of anilines is 2. The minimum absolute atomic E-state index is 0.145. The second-order valence-electron chi connectivity index (χ2n) is 7.42. The van der Waals surface area contributed by atoms with Gasteiger partial charge in [-0.15, -0.1) is 0 Å². The van der Waals surface area contributed by atoms with Crippen LogP contribution in [-0.4, -0.2) is 20.6 Å². The van der Waals surface area contributed by atoms with Gasteiger partial charge in [0.1, 0.15) is 5.82 Å². The summed E-state index contributed by atoms with van der Waals surface area (Å²) in [5.74, 6) is -0.792. The molecule has 4 aromatic rings. The second kappa shape index (κ2) is 8.80. The smallest absolute Gasteiger partial charge is 0.255 e. The van der Waals surface area contributed by atoms with Crippen molar-refractivity contribution in [3.05, 3.63) is 108 Å². The van der Waals surface area contributed by atoms with Gasteiger partial charge >= 0.3 is 0 Å². The lowest BCUT2D eigenvalue weighted by Gasteiger charge is -2.23. The first-order valence-electron chi connectivity index (χ1n) is 9.92. The van der Waals surface area contributed by atoms with Gasteiger partial charge in [0.15, 0.2) is 0 Å². The molecule has 0 atom stereocenters. The molecule has 5 nitrogen and oxygen atoms in total. The molecule has 7 heteroatoms. The van der Waals surface area contributed by atoms with Crippen LogP contribution in [0.5, 0.6) is 0 Å². The average molecular weight is 449 g/mol. The summed E-state index contributed by atoms with van der Waals surface area (Å²) in [6.07, 6.45) is 1.06. The lowest BCUT2D eigenvalue weighted by atomic mass is 10.1. The first-order valence-corrected chi connectivity index (χ1v) is 11.8. The van der Waals surface area contributed by atoms with Crippen LogP contribution in [0.25, 0.3) is 10.8 Å². The van der Waals surface area contributed by atoms with Crippen molar-refractivity contribution in [3.8, 4) is 0 Å². The van der Waals surface area contributed by atoms with Crippen molar-refractivity contribution < 1.29 is 17.6 Å². The maximum Gasteiger partial charge on any atom is 0.255 e. The molecule has 0 fully saturated rings. The minimum Gasteiger partial charge on any atom is -0.322 e. The Kier molecular flexibility index (Phi) is 5.92. The summed E-state index contributed by atoms with van der Waals surface area (Å²) in [6.45, 7) is -0.145. The molecule has 162 valence electrons. The number of halogens is 1. The second-order valence-corrected chi connectivity index (χ2v) is 9.33. The molecule has 0 unspecified atom stereocenters. The zero-order valence-electron chi connectivity index (χ0n) is 17.3. The highest BCUT2D eigenvalue weighted by Crippen LogP contribution is 2.23. The lowest BCUT2D eigenvalue weighted by Crippen LogP contribution is -2.29. The summed E-state index contributed by atoms with van der Waals surface area (Å²) in [5.41, 5.74) is 1.64. The quantitative estimate of drug-likeness (QED) is 0.441. The number of rotatable bonds is 6. The topological polar surface area (TPSA) is 66.5 Å². The van der Waals surface area contributed by atoms with E-state index in [0.29, 0.717) is 16.9 Å². The highest BCUT2D eigenvalue weighted by atomic mass is 32.2. The number of hydrogen-bond donors (Lipinski definition) is 1. The van der Waals surface area contributed by atoms with Crippen LogP contribution in [0, 0.1) is 5.82 Å². The van der Waals surface area contributed by atoms with Gasteiger partial charge in [0.05, 0.1) is 18.5 Å². The van der Waals surface area contributed by atoms with E-state index >= 15 is 0 Å². The van der Waals surface area contributed by atoms with Crippen LogP contribution in [0.4, 0.5) is 15.8 Å². The molecule has 0 aromatic heterocycles. The zero-order valence-corrected chi connectivity index (χ0v) is 18.1. The third kappa shape index (κ3) is 4.78. The molecule has 0 bridgehead atoms. The number of amides is 1. The Morgan fingerprint density at radius 2 is 1.53 bits per heavy atom. The van der Waals surface area contributed by atoms with Crippen molar-refractivity contribution in [2.45, 2.75) is 6.54 Å². The van der Waals surface area contributed by atoms with Gasteiger partial charge in [-0.1, -0.05) is 48.5 Å². The Morgan fingerprint density at radius 1 is 0.875 bits per heavy atom. The Bertz CT molecular complexity index is 1390. The Balaban J connectivity index is 1.54. The number of benzene rings is 4. The highest BCUT2D eigenvalue weighted by Gasteiger charge is 2.20. The van der Waals surface area contributed by atoms with Gasteiger partial charge in [0.2, 0.25) is 10.0 Å². The van der Waals surface area contributed by atoms with Gasteiger partial charge in [-0.05, 0) is 53.2 Å². The third-order valence-electron chi connectivity index (χ3n) is 5.10. The number of sulfonamides is 1. The van der Waals surface area contributed by atoms with E-state index in [9.17, 15) is 17.6 Å². The highest BCUT2D eigenvalue weighted by molar-refractivity contribution is 7.92. The summed E-state index contributed by atoms with van der Waals surface area (Å²) < 4.78 is 39.8. The number of nitrogens with zero attached hydrogens (tertiary/aromatic N) is 1. The first-order chi connectivity index (χ1) is 15.3. The first kappa shape index (κ1) is 21.5. The van der Waals surface area contributed by atoms with Crippen molar-refractivity contribution in [3.63, 3.8) is 0 Å². The number of carbonyl (C=O) groups excluding carboxylic acids is 1. The van der Waals surface area contributed by atoms with E-state index in [1.165, 1.54) is 18.2 Å². The van der Waals surface area contributed by atoms with Gasteiger partial charge in [-0.2, -0.15) is 0 Å². The van der Waals surface area contributed by atoms with Gasteiger partial charge in [-0.25, -0.2) is 12.8 Å². The third-order valence-corrected chi connectivity index (χ3v) is 6.24. The Morgan fingerprint density at radius 3 is 2.22 bits per heavy atom. The fourth-order valence-electron chi connectivity index (χ4n) is 3.43. The number of hydrogen-bond acceptors (Lipinski definition) is 3. The summed E-state index contributed by atoms with van der Waals surface area (Å²) in [7, 11) is -3.67. The molecular weight excluding hydrogens is 427 g/mol. The van der Waals surface area contributed by atoms with E-state index in [1.54, 1.807) is 30.3 Å². The van der Waals surface area contributed by atoms with Crippen LogP contribution in [0.2, 0.25) is 0 Å². The molecule has 4 rings (SSSR count). The maximum absolute atomic E-state index is 14.1. The van der Waals surface area contributed by atoms with E-state index < -0.39 is 15.8 Å². The van der Waals surface area contributed by atoms with Gasteiger partial charge in [0.25, 0.3) is 5.91 Å². The maximum atomic E-state index is 14.1. The molecular formula is C25H21FN2O3S. The summed E-state index contributed by atoms with van der Waals surface area (Å²) >= 11 is 0.